The molecule has 0 aliphatic carbocycles. The molecular weight excluding hydrogens is 318 g/mol. The molecule has 0 radical (unpaired) electrons. The summed E-state index contributed by atoms with van der Waals surface area (Å²) in [5.74, 6) is 1.88. The monoisotopic (exact) mass is 335 g/mol. The zero-order valence-electron chi connectivity index (χ0n) is 11.3. The number of nitrogens with zero attached hydrogens (tertiary/aromatic N) is 1. The maximum absolute atomic E-state index is 12.5. The summed E-state index contributed by atoms with van der Waals surface area (Å²) >= 11 is 7.35. The van der Waals surface area contributed by atoms with Crippen molar-refractivity contribution in [3.8, 4) is 5.75 Å². The molecule has 0 aromatic heterocycles. The lowest BCUT2D eigenvalue weighted by molar-refractivity contribution is 0.342. The van der Waals surface area contributed by atoms with Gasteiger partial charge >= 0.3 is 0 Å². The lowest BCUT2D eigenvalue weighted by Gasteiger charge is -2.29. The Morgan fingerprint density at radius 3 is 2.70 bits per heavy atom. The van der Waals surface area contributed by atoms with E-state index < -0.39 is 10.0 Å². The summed E-state index contributed by atoms with van der Waals surface area (Å²) in [5, 5.41) is 0.338. The van der Waals surface area contributed by atoms with Crippen molar-refractivity contribution in [3.63, 3.8) is 0 Å². The highest BCUT2D eigenvalue weighted by atomic mass is 35.5. The molecule has 0 amide bonds. The number of halogens is 1. The summed E-state index contributed by atoms with van der Waals surface area (Å²) in [6.07, 6.45) is 0. The molecule has 0 N–H and O–H groups in total. The maximum Gasteiger partial charge on any atom is 0.243 e. The van der Waals surface area contributed by atoms with E-state index in [1.807, 2.05) is 0 Å². The van der Waals surface area contributed by atoms with Gasteiger partial charge in [0.1, 0.15) is 12.4 Å². The van der Waals surface area contributed by atoms with Crippen LogP contribution in [0.5, 0.6) is 5.75 Å². The van der Waals surface area contributed by atoms with Crippen LogP contribution in [0, 0.1) is 0 Å². The molecule has 1 aromatic rings. The quantitative estimate of drug-likeness (QED) is 0.775. The van der Waals surface area contributed by atoms with Crippen LogP contribution in [0.3, 0.4) is 0 Å². The van der Waals surface area contributed by atoms with Gasteiger partial charge in [0.25, 0.3) is 0 Å². The molecule has 0 spiro atoms. The van der Waals surface area contributed by atoms with E-state index in [0.717, 1.165) is 5.75 Å². The lowest BCUT2D eigenvalue weighted by atomic mass is 10.3. The molecule has 112 valence electrons. The third-order valence-corrected chi connectivity index (χ3v) is 6.18. The van der Waals surface area contributed by atoms with Gasteiger partial charge in [-0.25, -0.2) is 8.42 Å². The van der Waals surface area contributed by atoms with E-state index in [4.69, 9.17) is 16.3 Å². The van der Waals surface area contributed by atoms with Crippen molar-refractivity contribution in [2.45, 2.75) is 17.1 Å². The van der Waals surface area contributed by atoms with E-state index in [9.17, 15) is 8.42 Å². The van der Waals surface area contributed by atoms with Crippen molar-refractivity contribution in [3.05, 3.63) is 24.3 Å². The Morgan fingerprint density at radius 1 is 1.40 bits per heavy atom. The van der Waals surface area contributed by atoms with Crippen LogP contribution in [0.15, 0.2) is 29.2 Å². The van der Waals surface area contributed by atoms with Gasteiger partial charge in [0.05, 0.1) is 10.8 Å². The summed E-state index contributed by atoms with van der Waals surface area (Å²) in [7, 11) is -3.39. The molecule has 1 heterocycles. The predicted molar refractivity (Wildman–Crippen MR) is 83.3 cm³/mol. The molecule has 1 saturated heterocycles. The van der Waals surface area contributed by atoms with E-state index in [1.165, 1.54) is 0 Å². The van der Waals surface area contributed by atoms with Crippen molar-refractivity contribution in [2.24, 2.45) is 0 Å². The van der Waals surface area contributed by atoms with Gasteiger partial charge in [0.15, 0.2) is 0 Å². The standard InChI is InChI=1S/C13H18ClNO3S2/c1-11-10-15(7-9-19-11)20(16,17)13-4-2-12(3-5-13)18-8-6-14/h2-5,11H,6-10H2,1H3. The second kappa shape index (κ2) is 7.02. The van der Waals surface area contributed by atoms with E-state index in [-0.39, 0.29) is 0 Å². The largest absolute Gasteiger partial charge is 0.492 e. The van der Waals surface area contributed by atoms with Crippen LogP contribution in [-0.4, -0.2) is 49.3 Å². The molecule has 1 aliphatic rings. The van der Waals surface area contributed by atoms with Crippen LogP contribution < -0.4 is 4.74 Å². The summed E-state index contributed by atoms with van der Waals surface area (Å²) in [6.45, 7) is 3.60. The van der Waals surface area contributed by atoms with Gasteiger partial charge in [-0.1, -0.05) is 6.92 Å². The number of alkyl halides is 1. The zero-order valence-corrected chi connectivity index (χ0v) is 13.7. The van der Waals surface area contributed by atoms with E-state index in [2.05, 4.69) is 6.92 Å². The second-order valence-corrected chi connectivity index (χ2v) is 8.42. The Balaban J connectivity index is 2.12. The first kappa shape index (κ1) is 15.9. The molecular formula is C13H18ClNO3S2. The van der Waals surface area contributed by atoms with Gasteiger partial charge in [-0.15, -0.1) is 11.6 Å². The predicted octanol–water partition coefficient (Wildman–Crippen LogP) is 2.43. The Kier molecular flexibility index (Phi) is 5.60. The Morgan fingerprint density at radius 2 is 2.10 bits per heavy atom. The summed E-state index contributed by atoms with van der Waals surface area (Å²) in [5.41, 5.74) is 0. The van der Waals surface area contributed by atoms with Crippen LogP contribution >= 0.6 is 23.4 Å². The van der Waals surface area contributed by atoms with Crippen LogP contribution in [-0.2, 0) is 10.0 Å². The Hall–Kier alpha value is -0.430. The number of hydrogen-bond acceptors (Lipinski definition) is 4. The van der Waals surface area contributed by atoms with Gasteiger partial charge < -0.3 is 4.74 Å². The SMILES string of the molecule is CC1CN(S(=O)(=O)c2ccc(OCCCl)cc2)CCS1. The van der Waals surface area contributed by atoms with E-state index in [1.54, 1.807) is 40.3 Å². The second-order valence-electron chi connectivity index (χ2n) is 4.55. The smallest absolute Gasteiger partial charge is 0.243 e. The fourth-order valence-corrected chi connectivity index (χ4v) is 4.85. The highest BCUT2D eigenvalue weighted by Gasteiger charge is 2.28. The van der Waals surface area contributed by atoms with Gasteiger partial charge in [0, 0.05) is 24.1 Å². The molecule has 7 heteroatoms. The number of sulfonamides is 1. The minimum absolute atomic E-state index is 0.315. The minimum atomic E-state index is -3.39. The Bertz CT molecular complexity index is 533. The van der Waals surface area contributed by atoms with Crippen molar-refractivity contribution < 1.29 is 13.2 Å². The van der Waals surface area contributed by atoms with Crippen molar-refractivity contribution in [1.82, 2.24) is 4.31 Å². The molecule has 1 fully saturated rings. The fraction of sp³-hybridized carbons (Fsp3) is 0.538. The molecule has 1 unspecified atom stereocenters. The number of thioether (sulfide) groups is 1. The van der Waals surface area contributed by atoms with E-state index in [0.29, 0.717) is 41.5 Å². The normalized spacial score (nSPS) is 20.8. The molecule has 0 bridgehead atoms. The third-order valence-electron chi connectivity index (χ3n) is 3.01. The van der Waals surface area contributed by atoms with Crippen molar-refractivity contribution in [1.29, 1.82) is 0 Å². The van der Waals surface area contributed by atoms with Crippen molar-refractivity contribution >= 4 is 33.4 Å². The van der Waals surface area contributed by atoms with Crippen LogP contribution in [0.4, 0.5) is 0 Å². The van der Waals surface area contributed by atoms with Gasteiger partial charge in [-0.2, -0.15) is 16.1 Å². The van der Waals surface area contributed by atoms with Crippen LogP contribution in [0.1, 0.15) is 6.92 Å². The van der Waals surface area contributed by atoms with Crippen LogP contribution in [0.25, 0.3) is 0 Å². The highest BCUT2D eigenvalue weighted by molar-refractivity contribution is 8.00. The third kappa shape index (κ3) is 3.81. The number of ether oxygens (including phenoxy) is 1. The van der Waals surface area contributed by atoms with Gasteiger partial charge in [0.2, 0.25) is 10.0 Å². The molecule has 1 aliphatic heterocycles. The summed E-state index contributed by atoms with van der Waals surface area (Å²) < 4.78 is 31.9. The summed E-state index contributed by atoms with van der Waals surface area (Å²) in [4.78, 5) is 0.315. The highest BCUT2D eigenvalue weighted by Crippen LogP contribution is 2.25. The maximum atomic E-state index is 12.5. The van der Waals surface area contributed by atoms with Gasteiger partial charge in [-0.05, 0) is 24.3 Å². The number of rotatable bonds is 5. The van der Waals surface area contributed by atoms with Crippen molar-refractivity contribution in [2.75, 3.05) is 31.3 Å². The molecule has 4 nitrogen and oxygen atoms in total. The molecule has 0 saturated carbocycles. The number of hydrogen-bond donors (Lipinski definition) is 0. The first-order valence-electron chi connectivity index (χ1n) is 6.44. The fourth-order valence-electron chi connectivity index (χ4n) is 2.02. The molecule has 2 rings (SSSR count). The lowest BCUT2D eigenvalue weighted by Crippen LogP contribution is -2.40. The van der Waals surface area contributed by atoms with E-state index >= 15 is 0 Å². The Labute approximate surface area is 129 Å². The molecule has 1 atom stereocenters. The van der Waals surface area contributed by atoms with Gasteiger partial charge in [-0.3, -0.25) is 0 Å². The first-order valence-corrected chi connectivity index (χ1v) is 9.47. The topological polar surface area (TPSA) is 46.6 Å². The number of benzene rings is 1. The average molecular weight is 336 g/mol. The molecule has 20 heavy (non-hydrogen) atoms. The zero-order chi connectivity index (χ0) is 14.6. The minimum Gasteiger partial charge on any atom is -0.492 e. The van der Waals surface area contributed by atoms with Crippen LogP contribution in [0.2, 0.25) is 0 Å². The average Bonchev–Trinajstić information content (AvgIpc) is 2.45. The summed E-state index contributed by atoms with van der Waals surface area (Å²) in [6, 6.07) is 6.51. The molecule has 1 aromatic carbocycles. The first-order chi connectivity index (χ1) is 9.54.